The zero-order chi connectivity index (χ0) is 21.2. The van der Waals surface area contributed by atoms with Crippen molar-refractivity contribution in [2.75, 3.05) is 5.32 Å². The van der Waals surface area contributed by atoms with Crippen molar-refractivity contribution < 1.29 is 14.9 Å². The van der Waals surface area contributed by atoms with Gasteiger partial charge in [0.2, 0.25) is 0 Å². The number of thioether (sulfide) groups is 1. The standard InChI is InChI=1S/C17H17N5O4S3/c1-17(2)14(20(16(27)29-17)18-10-13-4-3-9-28-13)21(24)15(23)19-11-5-7-12(8-6-11)22(25)26/h3-10,14,24H,1-2H3,(H,19,23). The zero-order valence-corrected chi connectivity index (χ0v) is 17.8. The molecule has 12 heteroatoms. The third kappa shape index (κ3) is 4.72. The number of hydrogen-bond donors (Lipinski definition) is 2. The molecule has 1 aliphatic rings. The van der Waals surface area contributed by atoms with Gasteiger partial charge < -0.3 is 5.32 Å². The first-order chi connectivity index (χ1) is 13.7. The molecule has 1 aromatic heterocycles. The highest BCUT2D eigenvalue weighted by molar-refractivity contribution is 8.24. The monoisotopic (exact) mass is 451 g/mol. The molecule has 2 heterocycles. The molecule has 0 spiro atoms. The molecule has 9 nitrogen and oxygen atoms in total. The summed E-state index contributed by atoms with van der Waals surface area (Å²) in [7, 11) is 0. The Bertz CT molecular complexity index is 946. The normalized spacial score (nSPS) is 18.2. The Morgan fingerprint density at radius 3 is 2.69 bits per heavy atom. The highest BCUT2D eigenvalue weighted by Gasteiger charge is 2.50. The Balaban J connectivity index is 1.78. The topological polar surface area (TPSA) is 111 Å². The summed E-state index contributed by atoms with van der Waals surface area (Å²) < 4.78 is -0.208. The van der Waals surface area contributed by atoms with E-state index in [0.29, 0.717) is 15.1 Å². The van der Waals surface area contributed by atoms with Crippen molar-refractivity contribution in [2.45, 2.75) is 24.8 Å². The number of thiophene rings is 1. The molecule has 2 N–H and O–H groups in total. The van der Waals surface area contributed by atoms with Gasteiger partial charge in [-0.25, -0.2) is 9.80 Å². The van der Waals surface area contributed by atoms with Crippen LogP contribution in [0.25, 0.3) is 0 Å². The summed E-state index contributed by atoms with van der Waals surface area (Å²) in [5, 5.41) is 32.1. The molecule has 2 amide bonds. The Hall–Kier alpha value is -2.54. The number of hydrazone groups is 1. The minimum absolute atomic E-state index is 0.100. The first kappa shape index (κ1) is 21.2. The molecule has 29 heavy (non-hydrogen) atoms. The molecule has 1 atom stereocenters. The van der Waals surface area contributed by atoms with E-state index in [9.17, 15) is 20.1 Å². The average molecular weight is 452 g/mol. The second-order valence-electron chi connectivity index (χ2n) is 6.53. The van der Waals surface area contributed by atoms with Crippen LogP contribution in [-0.4, -0.2) is 47.7 Å². The number of nitro groups is 1. The summed E-state index contributed by atoms with van der Waals surface area (Å²) in [5.41, 5.74) is 0.205. The van der Waals surface area contributed by atoms with E-state index < -0.39 is 21.9 Å². The van der Waals surface area contributed by atoms with Crippen LogP contribution in [-0.2, 0) is 0 Å². The molecule has 3 rings (SSSR count). The maximum Gasteiger partial charge on any atom is 0.347 e. The van der Waals surface area contributed by atoms with E-state index >= 15 is 0 Å². The molecule has 2 aromatic rings. The number of hydrogen-bond acceptors (Lipinski definition) is 8. The van der Waals surface area contributed by atoms with Gasteiger partial charge >= 0.3 is 6.03 Å². The predicted octanol–water partition coefficient (Wildman–Crippen LogP) is 4.35. The second-order valence-corrected chi connectivity index (χ2v) is 9.80. The number of anilines is 1. The molecule has 0 aliphatic carbocycles. The van der Waals surface area contributed by atoms with Gasteiger partial charge in [-0.2, -0.15) is 10.2 Å². The maximum absolute atomic E-state index is 12.6. The van der Waals surface area contributed by atoms with Crippen LogP contribution >= 0.6 is 35.3 Å². The molecular weight excluding hydrogens is 434 g/mol. The average Bonchev–Trinajstić information content (AvgIpc) is 3.24. The lowest BCUT2D eigenvalue weighted by Crippen LogP contribution is -2.54. The summed E-state index contributed by atoms with van der Waals surface area (Å²) in [6.45, 7) is 3.69. The van der Waals surface area contributed by atoms with E-state index in [1.165, 1.54) is 52.4 Å². The van der Waals surface area contributed by atoms with E-state index in [-0.39, 0.29) is 5.69 Å². The van der Waals surface area contributed by atoms with Crippen LogP contribution in [0.2, 0.25) is 0 Å². The van der Waals surface area contributed by atoms with Crippen molar-refractivity contribution in [1.29, 1.82) is 0 Å². The number of hydroxylamine groups is 2. The van der Waals surface area contributed by atoms with Crippen molar-refractivity contribution in [3.05, 3.63) is 56.8 Å². The number of nitrogens with zero attached hydrogens (tertiary/aromatic N) is 4. The summed E-state index contributed by atoms with van der Waals surface area (Å²) in [6.07, 6.45) is 0.767. The lowest BCUT2D eigenvalue weighted by Gasteiger charge is -2.34. The van der Waals surface area contributed by atoms with E-state index in [0.717, 1.165) is 4.88 Å². The summed E-state index contributed by atoms with van der Waals surface area (Å²) in [6, 6.07) is 8.27. The van der Waals surface area contributed by atoms with Crippen LogP contribution in [0.3, 0.4) is 0 Å². The number of rotatable bonds is 5. The number of urea groups is 1. The minimum Gasteiger partial charge on any atom is -0.306 e. The highest BCUT2D eigenvalue weighted by atomic mass is 32.2. The van der Waals surface area contributed by atoms with Crippen LogP contribution in [0.5, 0.6) is 0 Å². The molecule has 1 aromatic carbocycles. The number of nitro benzene ring substituents is 1. The molecule has 1 aliphatic heterocycles. The number of amides is 2. The number of thiocarbonyl (C=S) groups is 1. The lowest BCUT2D eigenvalue weighted by atomic mass is 10.1. The SMILES string of the molecule is CC1(C)SC(=S)N(N=Cc2cccs2)C1N(O)C(=O)Nc1ccc([N+](=O)[O-])cc1. The number of carbonyl (C=O) groups excluding carboxylic acids is 1. The van der Waals surface area contributed by atoms with Gasteiger partial charge in [0.05, 0.1) is 15.9 Å². The maximum atomic E-state index is 12.6. The number of carbonyl (C=O) groups is 1. The smallest absolute Gasteiger partial charge is 0.306 e. The molecule has 0 saturated carbocycles. The van der Waals surface area contributed by atoms with E-state index in [1.807, 2.05) is 31.4 Å². The van der Waals surface area contributed by atoms with Crippen LogP contribution < -0.4 is 5.32 Å². The minimum atomic E-state index is -0.853. The van der Waals surface area contributed by atoms with Gasteiger partial charge in [0.1, 0.15) is 0 Å². The third-order valence-electron chi connectivity index (χ3n) is 4.01. The Labute approximate surface area is 180 Å². The van der Waals surface area contributed by atoms with Crippen molar-refractivity contribution in [3.63, 3.8) is 0 Å². The fraction of sp³-hybridized carbons (Fsp3) is 0.235. The molecule has 152 valence electrons. The number of non-ortho nitro benzene ring substituents is 1. The molecular formula is C17H17N5O4S3. The fourth-order valence-corrected chi connectivity index (χ4v) is 5.04. The lowest BCUT2D eigenvalue weighted by molar-refractivity contribution is -0.384. The van der Waals surface area contributed by atoms with Gasteiger partial charge in [-0.1, -0.05) is 30.0 Å². The molecule has 1 unspecified atom stereocenters. The van der Waals surface area contributed by atoms with E-state index in [4.69, 9.17) is 12.2 Å². The first-order valence-corrected chi connectivity index (χ1v) is 10.4. The molecule has 0 bridgehead atoms. The van der Waals surface area contributed by atoms with Gasteiger partial charge in [-0.3, -0.25) is 15.3 Å². The number of nitrogens with one attached hydrogen (secondary N) is 1. The fourth-order valence-electron chi connectivity index (χ4n) is 2.67. The largest absolute Gasteiger partial charge is 0.347 e. The van der Waals surface area contributed by atoms with Crippen molar-refractivity contribution >= 4 is 63.3 Å². The molecule has 1 fully saturated rings. The van der Waals surface area contributed by atoms with Gasteiger partial charge in [0, 0.05) is 22.7 Å². The van der Waals surface area contributed by atoms with E-state index in [2.05, 4.69) is 10.4 Å². The van der Waals surface area contributed by atoms with E-state index in [1.54, 1.807) is 6.21 Å². The van der Waals surface area contributed by atoms with Crippen LogP contribution in [0, 0.1) is 10.1 Å². The van der Waals surface area contributed by atoms with Crippen molar-refractivity contribution in [3.8, 4) is 0 Å². The first-order valence-electron chi connectivity index (χ1n) is 8.32. The highest BCUT2D eigenvalue weighted by Crippen LogP contribution is 2.42. The second kappa shape index (κ2) is 8.45. The Morgan fingerprint density at radius 2 is 2.10 bits per heavy atom. The van der Waals surface area contributed by atoms with Gasteiger partial charge in [0.15, 0.2) is 10.5 Å². The van der Waals surface area contributed by atoms with Gasteiger partial charge in [-0.05, 0) is 37.4 Å². The molecule has 1 saturated heterocycles. The molecule has 0 radical (unpaired) electrons. The van der Waals surface area contributed by atoms with Crippen molar-refractivity contribution in [2.24, 2.45) is 5.10 Å². The van der Waals surface area contributed by atoms with Crippen LogP contribution in [0.1, 0.15) is 18.7 Å². The third-order valence-corrected chi connectivity index (χ3v) is 6.36. The quantitative estimate of drug-likeness (QED) is 0.228. The van der Waals surface area contributed by atoms with Crippen molar-refractivity contribution in [1.82, 2.24) is 10.1 Å². The Morgan fingerprint density at radius 1 is 1.41 bits per heavy atom. The Kier molecular flexibility index (Phi) is 6.17. The zero-order valence-electron chi connectivity index (χ0n) is 15.4. The van der Waals surface area contributed by atoms with Crippen LogP contribution in [0.15, 0.2) is 46.9 Å². The number of benzene rings is 1. The van der Waals surface area contributed by atoms with Gasteiger partial charge in [0.25, 0.3) is 5.69 Å². The summed E-state index contributed by atoms with van der Waals surface area (Å²) >= 11 is 8.20. The summed E-state index contributed by atoms with van der Waals surface area (Å²) in [5.74, 6) is 0. The predicted molar refractivity (Wildman–Crippen MR) is 118 cm³/mol. The van der Waals surface area contributed by atoms with Crippen LogP contribution in [0.4, 0.5) is 16.2 Å². The summed E-state index contributed by atoms with van der Waals surface area (Å²) in [4.78, 5) is 23.7. The van der Waals surface area contributed by atoms with Gasteiger partial charge in [-0.15, -0.1) is 11.3 Å².